The first kappa shape index (κ1) is 13.1. The fourth-order valence-corrected chi connectivity index (χ4v) is 2.90. The molecular formula is C11H16N2O4S. The van der Waals surface area contributed by atoms with Crippen LogP contribution in [0.25, 0.3) is 0 Å². The SMILES string of the molecule is COC(=O)c1cc(S(N)(=O)=O)cn1C1CCCC1. The molecule has 100 valence electrons. The van der Waals surface area contributed by atoms with Crippen LogP contribution in [-0.2, 0) is 14.8 Å². The van der Waals surface area contributed by atoms with Gasteiger partial charge in [0, 0.05) is 12.2 Å². The van der Waals surface area contributed by atoms with Crippen molar-refractivity contribution in [1.82, 2.24) is 4.57 Å². The molecule has 0 aromatic carbocycles. The average Bonchev–Trinajstić information content (AvgIpc) is 2.94. The van der Waals surface area contributed by atoms with Crippen molar-refractivity contribution >= 4 is 16.0 Å². The number of primary sulfonamides is 1. The summed E-state index contributed by atoms with van der Waals surface area (Å²) in [6.45, 7) is 0. The third-order valence-corrected chi connectivity index (χ3v) is 4.14. The van der Waals surface area contributed by atoms with Crippen LogP contribution in [0.4, 0.5) is 0 Å². The zero-order valence-corrected chi connectivity index (χ0v) is 10.9. The van der Waals surface area contributed by atoms with E-state index in [2.05, 4.69) is 4.74 Å². The molecule has 1 fully saturated rings. The van der Waals surface area contributed by atoms with Crippen LogP contribution in [0.15, 0.2) is 17.2 Å². The Morgan fingerprint density at radius 3 is 2.56 bits per heavy atom. The van der Waals surface area contributed by atoms with Crippen molar-refractivity contribution in [3.05, 3.63) is 18.0 Å². The number of nitrogens with two attached hydrogens (primary N) is 1. The summed E-state index contributed by atoms with van der Waals surface area (Å²) in [7, 11) is -2.54. The van der Waals surface area contributed by atoms with Gasteiger partial charge in [0.15, 0.2) is 0 Å². The van der Waals surface area contributed by atoms with Gasteiger partial charge in [-0.15, -0.1) is 0 Å². The van der Waals surface area contributed by atoms with Crippen molar-refractivity contribution < 1.29 is 17.9 Å². The molecule has 1 aliphatic rings. The van der Waals surface area contributed by atoms with E-state index in [-0.39, 0.29) is 16.6 Å². The zero-order valence-electron chi connectivity index (χ0n) is 10.1. The third kappa shape index (κ3) is 2.41. The lowest BCUT2D eigenvalue weighted by Gasteiger charge is -2.14. The van der Waals surface area contributed by atoms with Crippen LogP contribution in [0.5, 0.6) is 0 Å². The number of esters is 1. The zero-order chi connectivity index (χ0) is 13.3. The summed E-state index contributed by atoms with van der Waals surface area (Å²) in [6.07, 6.45) is 5.45. The fourth-order valence-electron chi connectivity index (χ4n) is 2.36. The van der Waals surface area contributed by atoms with E-state index >= 15 is 0 Å². The van der Waals surface area contributed by atoms with Crippen LogP contribution in [0, 0.1) is 0 Å². The predicted octanol–water partition coefficient (Wildman–Crippen LogP) is 1.04. The molecule has 0 aliphatic heterocycles. The predicted molar refractivity (Wildman–Crippen MR) is 64.6 cm³/mol. The molecule has 7 heteroatoms. The molecule has 0 amide bonds. The summed E-state index contributed by atoms with van der Waals surface area (Å²) in [6, 6.07) is 1.43. The standard InChI is InChI=1S/C11H16N2O4S/c1-17-11(14)10-6-9(18(12,15)16)7-13(10)8-4-2-3-5-8/h6-8H,2-5H2,1H3,(H2,12,15,16). The maximum absolute atomic E-state index is 11.7. The van der Waals surface area contributed by atoms with Gasteiger partial charge < -0.3 is 9.30 Å². The molecule has 1 aliphatic carbocycles. The van der Waals surface area contributed by atoms with Gasteiger partial charge in [-0.05, 0) is 18.9 Å². The first-order valence-corrected chi connectivity index (χ1v) is 7.31. The molecule has 0 bridgehead atoms. The first-order valence-electron chi connectivity index (χ1n) is 5.76. The highest BCUT2D eigenvalue weighted by atomic mass is 32.2. The molecule has 0 spiro atoms. The number of carbonyl (C=O) groups is 1. The lowest BCUT2D eigenvalue weighted by molar-refractivity contribution is 0.0586. The summed E-state index contributed by atoms with van der Waals surface area (Å²) >= 11 is 0. The number of sulfonamides is 1. The molecule has 0 saturated heterocycles. The molecule has 2 N–H and O–H groups in total. The van der Waals surface area contributed by atoms with Gasteiger partial charge >= 0.3 is 5.97 Å². The van der Waals surface area contributed by atoms with Crippen molar-refractivity contribution in [2.45, 2.75) is 36.6 Å². The highest BCUT2D eigenvalue weighted by molar-refractivity contribution is 7.89. The Labute approximate surface area is 106 Å². The maximum Gasteiger partial charge on any atom is 0.354 e. The number of rotatable bonds is 3. The van der Waals surface area contributed by atoms with Crippen LogP contribution in [0.3, 0.4) is 0 Å². The van der Waals surface area contributed by atoms with Gasteiger partial charge in [-0.2, -0.15) is 0 Å². The Morgan fingerprint density at radius 2 is 2.06 bits per heavy atom. The van der Waals surface area contributed by atoms with E-state index in [0.717, 1.165) is 25.7 Å². The van der Waals surface area contributed by atoms with Crippen molar-refractivity contribution in [1.29, 1.82) is 0 Å². The normalized spacial score (nSPS) is 17.0. The molecule has 1 aromatic heterocycles. The van der Waals surface area contributed by atoms with E-state index in [9.17, 15) is 13.2 Å². The minimum atomic E-state index is -3.80. The number of hydrogen-bond donors (Lipinski definition) is 1. The number of aromatic nitrogens is 1. The molecule has 0 unspecified atom stereocenters. The Bertz CT molecular complexity index is 556. The fraction of sp³-hybridized carbons (Fsp3) is 0.545. The summed E-state index contributed by atoms with van der Waals surface area (Å²) in [5, 5.41) is 5.09. The van der Waals surface area contributed by atoms with Gasteiger partial charge in [0.25, 0.3) is 0 Å². The Kier molecular flexibility index (Phi) is 3.45. The average molecular weight is 272 g/mol. The van der Waals surface area contributed by atoms with Crippen LogP contribution in [0.1, 0.15) is 42.2 Å². The molecule has 6 nitrogen and oxygen atoms in total. The second-order valence-corrected chi connectivity index (χ2v) is 6.00. The van der Waals surface area contributed by atoms with Gasteiger partial charge in [0.05, 0.1) is 7.11 Å². The molecule has 0 radical (unpaired) electrons. The van der Waals surface area contributed by atoms with E-state index in [1.807, 2.05) is 0 Å². The Morgan fingerprint density at radius 1 is 1.44 bits per heavy atom. The van der Waals surface area contributed by atoms with E-state index in [1.165, 1.54) is 19.4 Å². The van der Waals surface area contributed by atoms with Gasteiger partial charge in [-0.1, -0.05) is 12.8 Å². The molecule has 18 heavy (non-hydrogen) atoms. The third-order valence-electron chi connectivity index (χ3n) is 3.26. The van der Waals surface area contributed by atoms with Gasteiger partial charge in [0.1, 0.15) is 10.6 Å². The number of hydrogen-bond acceptors (Lipinski definition) is 4. The van der Waals surface area contributed by atoms with Gasteiger partial charge in [-0.3, -0.25) is 0 Å². The highest BCUT2D eigenvalue weighted by Gasteiger charge is 2.25. The largest absolute Gasteiger partial charge is 0.464 e. The van der Waals surface area contributed by atoms with Crippen molar-refractivity contribution in [2.24, 2.45) is 5.14 Å². The van der Waals surface area contributed by atoms with Crippen LogP contribution >= 0.6 is 0 Å². The summed E-state index contributed by atoms with van der Waals surface area (Å²) < 4.78 is 29.0. The summed E-state index contributed by atoms with van der Waals surface area (Å²) in [5.74, 6) is -0.545. The lowest BCUT2D eigenvalue weighted by Crippen LogP contribution is -2.13. The number of methoxy groups -OCH3 is 1. The first-order chi connectivity index (χ1) is 8.43. The summed E-state index contributed by atoms with van der Waals surface area (Å²) in [4.78, 5) is 11.6. The quantitative estimate of drug-likeness (QED) is 0.832. The topological polar surface area (TPSA) is 91.4 Å². The monoisotopic (exact) mass is 272 g/mol. The smallest absolute Gasteiger partial charge is 0.354 e. The van der Waals surface area contributed by atoms with E-state index in [4.69, 9.17) is 5.14 Å². The maximum atomic E-state index is 11.7. The minimum Gasteiger partial charge on any atom is -0.464 e. The van der Waals surface area contributed by atoms with Crippen molar-refractivity contribution in [2.75, 3.05) is 7.11 Å². The van der Waals surface area contributed by atoms with Gasteiger partial charge in [0.2, 0.25) is 10.0 Å². The van der Waals surface area contributed by atoms with Crippen LogP contribution < -0.4 is 5.14 Å². The molecule has 1 heterocycles. The number of ether oxygens (including phenoxy) is 1. The second-order valence-electron chi connectivity index (χ2n) is 4.44. The highest BCUT2D eigenvalue weighted by Crippen LogP contribution is 2.32. The minimum absolute atomic E-state index is 0.0465. The van der Waals surface area contributed by atoms with Crippen LogP contribution in [-0.4, -0.2) is 26.1 Å². The molecule has 1 aromatic rings. The summed E-state index contributed by atoms with van der Waals surface area (Å²) in [5.41, 5.74) is 0.244. The Balaban J connectivity index is 2.48. The Hall–Kier alpha value is -1.34. The van der Waals surface area contributed by atoms with Crippen molar-refractivity contribution in [3.63, 3.8) is 0 Å². The molecular weight excluding hydrogens is 256 g/mol. The molecule has 0 atom stereocenters. The van der Waals surface area contributed by atoms with Gasteiger partial charge in [-0.25, -0.2) is 18.4 Å². The number of nitrogens with zero attached hydrogens (tertiary/aromatic N) is 1. The molecule has 2 rings (SSSR count). The van der Waals surface area contributed by atoms with E-state index in [1.54, 1.807) is 4.57 Å². The second kappa shape index (κ2) is 4.74. The molecule has 1 saturated carbocycles. The van der Waals surface area contributed by atoms with E-state index < -0.39 is 16.0 Å². The van der Waals surface area contributed by atoms with E-state index in [0.29, 0.717) is 0 Å². The van der Waals surface area contributed by atoms with Crippen molar-refractivity contribution in [3.8, 4) is 0 Å². The number of carbonyl (C=O) groups excluding carboxylic acids is 1. The van der Waals surface area contributed by atoms with Crippen LogP contribution in [0.2, 0.25) is 0 Å². The lowest BCUT2D eigenvalue weighted by atomic mass is 10.2.